The Kier molecular flexibility index (Phi) is 49.4. The van der Waals surface area contributed by atoms with Crippen molar-refractivity contribution in [3.8, 4) is 0 Å². The van der Waals surface area contributed by atoms with Crippen molar-refractivity contribution < 1.29 is 42.1 Å². The molecule has 0 aliphatic carbocycles. The van der Waals surface area contributed by atoms with E-state index in [0.29, 0.717) is 23.9 Å². The molecule has 0 saturated carbocycles. The van der Waals surface area contributed by atoms with Crippen LogP contribution in [0.4, 0.5) is 0 Å². The van der Waals surface area contributed by atoms with Gasteiger partial charge in [0.05, 0.1) is 27.7 Å². The molecular weight excluding hydrogens is 882 g/mol. The Bertz CT molecular complexity index is 1310. The average molecular weight is 994 g/mol. The number of hydrogen-bond donors (Lipinski definition) is 1. The molecule has 0 radical (unpaired) electrons. The van der Waals surface area contributed by atoms with E-state index in [2.05, 4.69) is 62.5 Å². The van der Waals surface area contributed by atoms with Gasteiger partial charge in [-0.2, -0.15) is 0 Å². The van der Waals surface area contributed by atoms with E-state index in [-0.39, 0.29) is 25.6 Å². The van der Waals surface area contributed by atoms with Crippen molar-refractivity contribution >= 4 is 19.8 Å². The molecule has 0 rings (SSSR count). The summed E-state index contributed by atoms with van der Waals surface area (Å²) in [5, 5.41) is 0. The van der Waals surface area contributed by atoms with E-state index in [4.69, 9.17) is 18.5 Å². The molecule has 0 aliphatic heterocycles. The maximum atomic E-state index is 12.8. The van der Waals surface area contributed by atoms with E-state index in [1.54, 1.807) is 0 Å². The number of nitrogens with zero attached hydrogens (tertiary/aromatic N) is 1. The molecule has 2 atom stereocenters. The van der Waals surface area contributed by atoms with Crippen molar-refractivity contribution in [3.05, 3.63) is 48.6 Å². The van der Waals surface area contributed by atoms with Gasteiger partial charge >= 0.3 is 19.8 Å². The first-order valence-corrected chi connectivity index (χ1v) is 30.4. The minimum atomic E-state index is -4.38. The van der Waals surface area contributed by atoms with Crippen LogP contribution in [-0.2, 0) is 32.7 Å². The standard InChI is InChI=1S/C59H110NO8P/c1-6-8-10-12-14-16-18-20-22-24-26-28-29-30-31-32-34-36-38-40-42-44-46-48-50-52-59(62)68-57(56-67-69(63,64)66-54-53-60(3,4)5)55-65-58(61)51-49-47-45-43-41-39-37-35-33-27-25-23-21-19-17-15-13-11-9-7-2/h8,10,14,16,20,22,26,28,57H,6-7,9,11-13,15,17-19,21,23-25,27,29-56H2,1-5H3/p+1/b10-8-,16-14-,22-20-,28-26-. The zero-order chi connectivity index (χ0) is 50.6. The number of allylic oxidation sites excluding steroid dienone is 8. The number of quaternary nitrogens is 1. The van der Waals surface area contributed by atoms with Crippen molar-refractivity contribution in [1.82, 2.24) is 0 Å². The summed E-state index contributed by atoms with van der Waals surface area (Å²) in [6, 6.07) is 0. The van der Waals surface area contributed by atoms with Crippen molar-refractivity contribution in [3.63, 3.8) is 0 Å². The molecule has 10 heteroatoms. The smallest absolute Gasteiger partial charge is 0.462 e. The molecule has 0 amide bonds. The lowest BCUT2D eigenvalue weighted by Crippen LogP contribution is -2.37. The molecule has 0 spiro atoms. The number of esters is 2. The molecule has 0 bridgehead atoms. The Morgan fingerprint density at radius 3 is 1.23 bits per heavy atom. The minimum absolute atomic E-state index is 0.0321. The van der Waals surface area contributed by atoms with Gasteiger partial charge in [0.1, 0.15) is 19.8 Å². The lowest BCUT2D eigenvalue weighted by molar-refractivity contribution is -0.870. The van der Waals surface area contributed by atoms with Gasteiger partial charge in [-0.25, -0.2) is 4.57 Å². The number of hydrogen-bond acceptors (Lipinski definition) is 7. The van der Waals surface area contributed by atoms with Crippen LogP contribution < -0.4 is 0 Å². The zero-order valence-electron chi connectivity index (χ0n) is 45.8. The van der Waals surface area contributed by atoms with Gasteiger partial charge in [-0.05, 0) is 51.4 Å². The number of carbonyl (C=O) groups is 2. The van der Waals surface area contributed by atoms with Gasteiger partial charge in [-0.3, -0.25) is 18.6 Å². The summed E-state index contributed by atoms with van der Waals surface area (Å²) in [5.41, 5.74) is 0. The van der Waals surface area contributed by atoms with Crippen molar-refractivity contribution in [2.45, 2.75) is 270 Å². The molecular formula is C59H111NO8P+. The van der Waals surface area contributed by atoms with E-state index in [9.17, 15) is 19.0 Å². The number of phosphoric acid groups is 1. The van der Waals surface area contributed by atoms with E-state index in [0.717, 1.165) is 64.2 Å². The van der Waals surface area contributed by atoms with Crippen molar-refractivity contribution in [1.29, 1.82) is 0 Å². The van der Waals surface area contributed by atoms with Gasteiger partial charge in [0.15, 0.2) is 6.10 Å². The molecule has 0 fully saturated rings. The first-order valence-electron chi connectivity index (χ1n) is 28.9. The highest BCUT2D eigenvalue weighted by molar-refractivity contribution is 7.47. The van der Waals surface area contributed by atoms with Crippen LogP contribution in [-0.4, -0.2) is 74.9 Å². The predicted octanol–water partition coefficient (Wildman–Crippen LogP) is 17.8. The highest BCUT2D eigenvalue weighted by Gasteiger charge is 2.27. The lowest BCUT2D eigenvalue weighted by atomic mass is 10.0. The molecule has 0 heterocycles. The number of phosphoric ester groups is 1. The number of ether oxygens (including phenoxy) is 2. The zero-order valence-corrected chi connectivity index (χ0v) is 46.7. The van der Waals surface area contributed by atoms with Crippen LogP contribution in [0.2, 0.25) is 0 Å². The van der Waals surface area contributed by atoms with Gasteiger partial charge in [0.2, 0.25) is 0 Å². The van der Waals surface area contributed by atoms with E-state index in [1.165, 1.54) is 167 Å². The summed E-state index contributed by atoms with van der Waals surface area (Å²) in [6.07, 6.45) is 63.1. The number of rotatable bonds is 53. The Hall–Kier alpha value is -2.03. The molecule has 1 N–H and O–H groups in total. The fraction of sp³-hybridized carbons (Fsp3) is 0.831. The maximum Gasteiger partial charge on any atom is 0.472 e. The molecule has 0 aromatic rings. The summed E-state index contributed by atoms with van der Waals surface area (Å²) >= 11 is 0. The lowest BCUT2D eigenvalue weighted by Gasteiger charge is -2.24. The van der Waals surface area contributed by atoms with Crippen LogP contribution in [0.3, 0.4) is 0 Å². The van der Waals surface area contributed by atoms with Gasteiger partial charge in [-0.1, -0.05) is 249 Å². The Balaban J connectivity index is 4.15. The van der Waals surface area contributed by atoms with Gasteiger partial charge < -0.3 is 18.9 Å². The predicted molar refractivity (Wildman–Crippen MR) is 293 cm³/mol. The van der Waals surface area contributed by atoms with Crippen LogP contribution in [0, 0.1) is 0 Å². The summed E-state index contributed by atoms with van der Waals surface area (Å²) in [6.45, 7) is 4.36. The van der Waals surface area contributed by atoms with E-state index < -0.39 is 26.5 Å². The van der Waals surface area contributed by atoms with Gasteiger partial charge in [-0.15, -0.1) is 0 Å². The molecule has 0 aliphatic rings. The monoisotopic (exact) mass is 993 g/mol. The van der Waals surface area contributed by atoms with Crippen LogP contribution in [0.25, 0.3) is 0 Å². The third kappa shape index (κ3) is 55.1. The molecule has 0 saturated heterocycles. The second-order valence-corrected chi connectivity index (χ2v) is 22.1. The molecule has 0 aromatic heterocycles. The summed E-state index contributed by atoms with van der Waals surface area (Å²) in [4.78, 5) is 35.7. The average Bonchev–Trinajstić information content (AvgIpc) is 3.31. The normalized spacial score (nSPS) is 13.7. The second kappa shape index (κ2) is 50.9. The summed E-state index contributed by atoms with van der Waals surface area (Å²) < 4.78 is 34.6. The van der Waals surface area contributed by atoms with Crippen molar-refractivity contribution in [2.75, 3.05) is 47.5 Å². The molecule has 2 unspecified atom stereocenters. The summed E-state index contributed by atoms with van der Waals surface area (Å²) in [5.74, 6) is -0.788. The Morgan fingerprint density at radius 2 is 0.826 bits per heavy atom. The number of unbranched alkanes of at least 4 members (excludes halogenated alkanes) is 31. The van der Waals surface area contributed by atoms with E-state index in [1.807, 2.05) is 21.1 Å². The maximum absolute atomic E-state index is 12.8. The molecule has 404 valence electrons. The van der Waals surface area contributed by atoms with Crippen LogP contribution in [0.15, 0.2) is 48.6 Å². The first kappa shape index (κ1) is 67.0. The fourth-order valence-corrected chi connectivity index (χ4v) is 8.93. The first-order chi connectivity index (χ1) is 33.5. The van der Waals surface area contributed by atoms with Crippen molar-refractivity contribution in [2.24, 2.45) is 0 Å². The third-order valence-corrected chi connectivity index (χ3v) is 13.6. The number of carbonyl (C=O) groups excluding carboxylic acids is 2. The molecule has 69 heavy (non-hydrogen) atoms. The fourth-order valence-electron chi connectivity index (χ4n) is 8.19. The van der Waals surface area contributed by atoms with Crippen LogP contribution in [0.1, 0.15) is 264 Å². The SMILES string of the molecule is CC/C=C\C/C=C\C/C=C\C/C=C\CCCCCCCCCCCCCCC(=O)OC(COC(=O)CCCCCCCCCCCCCCCCCCCCCC)COP(=O)(O)OCC[N+](C)(C)C. The highest BCUT2D eigenvalue weighted by Crippen LogP contribution is 2.43. The molecule has 9 nitrogen and oxygen atoms in total. The topological polar surface area (TPSA) is 108 Å². The Labute approximate surface area is 426 Å². The van der Waals surface area contributed by atoms with Gasteiger partial charge in [0.25, 0.3) is 0 Å². The summed E-state index contributed by atoms with van der Waals surface area (Å²) in [7, 11) is 1.48. The number of likely N-dealkylation sites (N-methyl/N-ethyl adjacent to an activating group) is 1. The second-order valence-electron chi connectivity index (χ2n) is 20.7. The Morgan fingerprint density at radius 1 is 0.464 bits per heavy atom. The molecule has 0 aromatic carbocycles. The minimum Gasteiger partial charge on any atom is -0.462 e. The van der Waals surface area contributed by atoms with Gasteiger partial charge in [0, 0.05) is 12.8 Å². The third-order valence-electron chi connectivity index (χ3n) is 12.6. The largest absolute Gasteiger partial charge is 0.472 e. The quantitative estimate of drug-likeness (QED) is 0.0211. The highest BCUT2D eigenvalue weighted by atomic mass is 31.2. The van der Waals surface area contributed by atoms with Crippen LogP contribution in [0.5, 0.6) is 0 Å². The van der Waals surface area contributed by atoms with Crippen LogP contribution >= 0.6 is 7.82 Å². The van der Waals surface area contributed by atoms with E-state index >= 15 is 0 Å².